The molecule has 9 nitrogen and oxygen atoms in total. The van der Waals surface area contributed by atoms with Gasteiger partial charge in [0.15, 0.2) is 0 Å². The zero-order valence-corrected chi connectivity index (χ0v) is 20.0. The summed E-state index contributed by atoms with van der Waals surface area (Å²) in [5.41, 5.74) is 4.47. The van der Waals surface area contributed by atoms with E-state index in [1.165, 1.54) is 18.4 Å². The number of carbonyl (C=O) groups is 1. The van der Waals surface area contributed by atoms with Crippen LogP contribution in [0.3, 0.4) is 0 Å². The SMILES string of the molecule is C=NC(=NCc1cn2cc(C3CC3)ccc2n1)N/C(=C\C)NC(=O)Cc1ncn2ccc(Cl)cc12. The van der Waals surface area contributed by atoms with E-state index in [9.17, 15) is 4.79 Å². The maximum absolute atomic E-state index is 12.7. The van der Waals surface area contributed by atoms with Crippen molar-refractivity contribution in [3.63, 3.8) is 0 Å². The molecule has 2 N–H and O–H groups in total. The van der Waals surface area contributed by atoms with Gasteiger partial charge < -0.3 is 19.4 Å². The van der Waals surface area contributed by atoms with Crippen LogP contribution in [0, 0.1) is 0 Å². The lowest BCUT2D eigenvalue weighted by Gasteiger charge is -2.11. The third-order valence-electron chi connectivity index (χ3n) is 5.83. The summed E-state index contributed by atoms with van der Waals surface area (Å²) in [4.78, 5) is 30.0. The van der Waals surface area contributed by atoms with Gasteiger partial charge in [0, 0.05) is 23.6 Å². The van der Waals surface area contributed by atoms with E-state index in [-0.39, 0.29) is 18.3 Å². The molecular weight excluding hydrogens is 464 g/mol. The molecule has 1 saturated carbocycles. The Hall–Kier alpha value is -3.98. The summed E-state index contributed by atoms with van der Waals surface area (Å²) in [5, 5.41) is 6.43. The third-order valence-corrected chi connectivity index (χ3v) is 6.07. The number of allylic oxidation sites excluding steroid dienone is 1. The van der Waals surface area contributed by atoms with Gasteiger partial charge in [0.2, 0.25) is 11.9 Å². The van der Waals surface area contributed by atoms with E-state index in [4.69, 9.17) is 11.6 Å². The van der Waals surface area contributed by atoms with Crippen molar-refractivity contribution >= 4 is 41.3 Å². The number of hydrogen-bond acceptors (Lipinski definition) is 4. The van der Waals surface area contributed by atoms with Crippen LogP contribution in [0.2, 0.25) is 5.02 Å². The number of aliphatic imine (C=N–C) groups is 2. The van der Waals surface area contributed by atoms with Gasteiger partial charge in [-0.25, -0.2) is 20.0 Å². The second kappa shape index (κ2) is 9.71. The molecule has 4 aromatic heterocycles. The molecule has 0 radical (unpaired) electrons. The van der Waals surface area contributed by atoms with Crippen LogP contribution >= 0.6 is 11.6 Å². The van der Waals surface area contributed by atoms with E-state index in [1.54, 1.807) is 37.7 Å². The first kappa shape index (κ1) is 22.8. The number of aromatic nitrogens is 4. The van der Waals surface area contributed by atoms with Gasteiger partial charge in [0.25, 0.3) is 0 Å². The number of amides is 1. The largest absolute Gasteiger partial charge is 0.312 e. The van der Waals surface area contributed by atoms with Crippen LogP contribution in [0.1, 0.15) is 42.6 Å². The Bertz CT molecular complexity index is 1480. The number of fused-ring (bicyclic) bond motifs is 2. The summed E-state index contributed by atoms with van der Waals surface area (Å²) in [6.07, 6.45) is 11.9. The number of pyridine rings is 2. The molecule has 10 heteroatoms. The predicted molar refractivity (Wildman–Crippen MR) is 137 cm³/mol. The maximum Gasteiger partial charge on any atom is 0.231 e. The molecule has 0 unspecified atom stereocenters. The highest BCUT2D eigenvalue weighted by Crippen LogP contribution is 2.39. The molecular formula is C25H25ClN8O. The molecule has 1 aliphatic carbocycles. The molecule has 0 aromatic carbocycles. The number of nitrogens with one attached hydrogen (secondary N) is 2. The van der Waals surface area contributed by atoms with Gasteiger partial charge in [-0.15, -0.1) is 0 Å². The summed E-state index contributed by atoms with van der Waals surface area (Å²) < 4.78 is 3.86. The Morgan fingerprint density at radius 2 is 2.11 bits per heavy atom. The van der Waals surface area contributed by atoms with E-state index in [0.29, 0.717) is 29.0 Å². The summed E-state index contributed by atoms with van der Waals surface area (Å²) in [6, 6.07) is 7.73. The number of rotatable bonds is 7. The van der Waals surface area contributed by atoms with Gasteiger partial charge in [-0.05, 0) is 62.2 Å². The Morgan fingerprint density at radius 3 is 2.89 bits per heavy atom. The molecule has 4 aromatic rings. The molecule has 0 bridgehead atoms. The first-order chi connectivity index (χ1) is 17.0. The van der Waals surface area contributed by atoms with Crippen LogP contribution in [0.5, 0.6) is 0 Å². The summed E-state index contributed by atoms with van der Waals surface area (Å²) in [5.74, 6) is 1.19. The van der Waals surface area contributed by atoms with Crippen molar-refractivity contribution < 1.29 is 4.79 Å². The molecule has 0 spiro atoms. The van der Waals surface area contributed by atoms with E-state index in [2.05, 4.69) is 49.6 Å². The van der Waals surface area contributed by atoms with Crippen molar-refractivity contribution in [1.82, 2.24) is 29.4 Å². The lowest BCUT2D eigenvalue weighted by Crippen LogP contribution is -2.35. The van der Waals surface area contributed by atoms with E-state index in [0.717, 1.165) is 16.9 Å². The van der Waals surface area contributed by atoms with E-state index < -0.39 is 0 Å². The van der Waals surface area contributed by atoms with Crippen molar-refractivity contribution in [3.05, 3.63) is 83.1 Å². The van der Waals surface area contributed by atoms with Gasteiger partial charge in [0.1, 0.15) is 11.5 Å². The molecule has 1 fully saturated rings. The lowest BCUT2D eigenvalue weighted by atomic mass is 10.2. The third kappa shape index (κ3) is 5.25. The second-order valence-corrected chi connectivity index (χ2v) is 8.85. The highest BCUT2D eigenvalue weighted by molar-refractivity contribution is 6.30. The van der Waals surface area contributed by atoms with E-state index in [1.807, 2.05) is 21.1 Å². The van der Waals surface area contributed by atoms with E-state index >= 15 is 0 Å². The smallest absolute Gasteiger partial charge is 0.231 e. The van der Waals surface area contributed by atoms with Crippen LogP contribution in [-0.2, 0) is 17.8 Å². The van der Waals surface area contributed by atoms with Crippen LogP contribution < -0.4 is 10.6 Å². The van der Waals surface area contributed by atoms with Crippen LogP contribution in [0.15, 0.2) is 71.1 Å². The summed E-state index contributed by atoms with van der Waals surface area (Å²) >= 11 is 6.09. The number of nitrogens with zero attached hydrogens (tertiary/aromatic N) is 6. The van der Waals surface area contributed by atoms with Crippen molar-refractivity contribution in [2.45, 2.75) is 38.6 Å². The molecule has 35 heavy (non-hydrogen) atoms. The quantitative estimate of drug-likeness (QED) is 0.304. The van der Waals surface area contributed by atoms with Gasteiger partial charge >= 0.3 is 0 Å². The van der Waals surface area contributed by atoms with Gasteiger partial charge in [-0.1, -0.05) is 17.7 Å². The summed E-state index contributed by atoms with van der Waals surface area (Å²) in [7, 11) is 0. The molecule has 0 atom stereocenters. The molecule has 4 heterocycles. The van der Waals surface area contributed by atoms with Crippen LogP contribution in [0.25, 0.3) is 11.2 Å². The Morgan fingerprint density at radius 1 is 1.26 bits per heavy atom. The topological polar surface area (TPSA) is 100 Å². The first-order valence-electron chi connectivity index (χ1n) is 11.4. The lowest BCUT2D eigenvalue weighted by molar-refractivity contribution is -0.119. The Labute approximate surface area is 207 Å². The van der Waals surface area contributed by atoms with Crippen molar-refractivity contribution in [1.29, 1.82) is 0 Å². The summed E-state index contributed by atoms with van der Waals surface area (Å²) in [6.45, 7) is 5.72. The molecule has 1 amide bonds. The molecule has 1 aliphatic rings. The number of hydrogen-bond donors (Lipinski definition) is 2. The van der Waals surface area contributed by atoms with Gasteiger partial charge in [-0.2, -0.15) is 0 Å². The monoisotopic (exact) mass is 488 g/mol. The average Bonchev–Trinajstić information content (AvgIpc) is 3.52. The van der Waals surface area contributed by atoms with Crippen LogP contribution in [0.4, 0.5) is 0 Å². The zero-order chi connectivity index (χ0) is 24.4. The minimum absolute atomic E-state index is 0.0912. The van der Waals surface area contributed by atoms with Gasteiger partial charge in [0.05, 0.1) is 36.2 Å². The zero-order valence-electron chi connectivity index (χ0n) is 19.3. The Kier molecular flexibility index (Phi) is 6.33. The number of carbonyl (C=O) groups excluding carboxylic acids is 1. The molecule has 0 aliphatic heterocycles. The number of guanidine groups is 1. The highest BCUT2D eigenvalue weighted by atomic mass is 35.5. The van der Waals surface area contributed by atoms with Crippen molar-refractivity contribution in [2.75, 3.05) is 0 Å². The average molecular weight is 489 g/mol. The fraction of sp³-hybridized carbons (Fsp3) is 0.240. The van der Waals surface area contributed by atoms with Gasteiger partial charge in [-0.3, -0.25) is 4.79 Å². The number of imidazole rings is 2. The number of halogens is 1. The Balaban J connectivity index is 1.22. The maximum atomic E-state index is 12.7. The minimum Gasteiger partial charge on any atom is -0.312 e. The highest BCUT2D eigenvalue weighted by Gasteiger charge is 2.23. The van der Waals surface area contributed by atoms with Crippen molar-refractivity contribution in [2.24, 2.45) is 9.98 Å². The fourth-order valence-electron chi connectivity index (χ4n) is 3.88. The minimum atomic E-state index is -0.235. The second-order valence-electron chi connectivity index (χ2n) is 8.41. The fourth-order valence-corrected chi connectivity index (χ4v) is 4.04. The molecule has 5 rings (SSSR count). The van der Waals surface area contributed by atoms with Crippen LogP contribution in [-0.4, -0.2) is 37.4 Å². The van der Waals surface area contributed by atoms with Crippen molar-refractivity contribution in [3.8, 4) is 0 Å². The normalized spacial score (nSPS) is 14.5. The molecule has 178 valence electrons. The first-order valence-corrected chi connectivity index (χ1v) is 11.7. The molecule has 0 saturated heterocycles. The predicted octanol–water partition coefficient (Wildman–Crippen LogP) is 3.88. The standard InChI is InChI=1S/C25H25ClN8O/c1-3-22(31-24(35)11-20-21-10-18(26)8-9-33(21)15-29-20)32-25(27-2)28-12-19-14-34-13-17(16-4-5-16)6-7-23(34)30-19/h3,6-10,13-16H,2,4-5,11-12H2,1H3,(H,28,32)(H,31,35)/b22-3-.